The van der Waals surface area contributed by atoms with Crippen molar-refractivity contribution < 1.29 is 0 Å². The molecule has 0 aromatic rings. The fraction of sp³-hybridized carbons (Fsp3) is 1.00. The number of hydrogen-bond acceptors (Lipinski definition) is 1. The van der Waals surface area contributed by atoms with Gasteiger partial charge < -0.3 is 0 Å². The summed E-state index contributed by atoms with van der Waals surface area (Å²) in [5, 5.41) is 0. The highest BCUT2D eigenvalue weighted by molar-refractivity contribution is 8.00. The minimum Gasteiger partial charge on any atom is -0.156 e. The lowest BCUT2D eigenvalue weighted by molar-refractivity contribution is 0.538. The molecule has 0 bridgehead atoms. The molecule has 0 aromatic carbocycles. The van der Waals surface area contributed by atoms with E-state index in [4.69, 9.17) is 0 Å². The van der Waals surface area contributed by atoms with Gasteiger partial charge in [0.25, 0.3) is 0 Å². The van der Waals surface area contributed by atoms with Gasteiger partial charge in [0.2, 0.25) is 0 Å². The van der Waals surface area contributed by atoms with Crippen molar-refractivity contribution in [3.63, 3.8) is 0 Å². The number of rotatable bonds is 15. The molecular formula is C20H42S. The van der Waals surface area contributed by atoms with Gasteiger partial charge in [0, 0.05) is 4.75 Å². The first kappa shape index (κ1) is 21.4. The van der Waals surface area contributed by atoms with Crippen LogP contribution in [0.15, 0.2) is 0 Å². The fourth-order valence-corrected chi connectivity index (χ4v) is 3.64. The molecule has 0 nitrogen and oxygen atoms in total. The molecule has 0 aliphatic heterocycles. The summed E-state index contributed by atoms with van der Waals surface area (Å²) in [5.41, 5.74) is 0. The Bertz CT molecular complexity index is 193. The summed E-state index contributed by atoms with van der Waals surface area (Å²) in [6.45, 7) is 9.26. The average Bonchev–Trinajstić information content (AvgIpc) is 2.42. The molecule has 21 heavy (non-hydrogen) atoms. The van der Waals surface area contributed by atoms with Crippen LogP contribution in [0.3, 0.4) is 0 Å². The van der Waals surface area contributed by atoms with E-state index in [1.165, 1.54) is 95.6 Å². The topological polar surface area (TPSA) is 0 Å². The third-order valence-corrected chi connectivity index (χ3v) is 5.39. The van der Waals surface area contributed by atoms with Gasteiger partial charge in [-0.2, -0.15) is 11.8 Å². The van der Waals surface area contributed by atoms with E-state index in [2.05, 4.69) is 39.5 Å². The summed E-state index contributed by atoms with van der Waals surface area (Å²) in [7, 11) is 0. The van der Waals surface area contributed by atoms with Gasteiger partial charge in [-0.05, 0) is 12.2 Å². The van der Waals surface area contributed by atoms with Gasteiger partial charge in [-0.15, -0.1) is 0 Å². The Labute approximate surface area is 140 Å². The maximum atomic E-state index is 2.32. The lowest BCUT2D eigenvalue weighted by Crippen LogP contribution is -2.08. The second-order valence-electron chi connectivity index (χ2n) is 7.56. The van der Waals surface area contributed by atoms with E-state index in [1.54, 1.807) is 0 Å². The summed E-state index contributed by atoms with van der Waals surface area (Å²) in [6.07, 6.45) is 20.4. The molecule has 0 fully saturated rings. The Kier molecular flexibility index (Phi) is 15.5. The zero-order valence-corrected chi connectivity index (χ0v) is 16.3. The second-order valence-corrected chi connectivity index (χ2v) is 9.48. The van der Waals surface area contributed by atoms with Crippen LogP contribution in [-0.4, -0.2) is 10.5 Å². The second kappa shape index (κ2) is 15.3. The van der Waals surface area contributed by atoms with Crippen LogP contribution < -0.4 is 0 Å². The molecule has 0 N–H and O–H groups in total. The van der Waals surface area contributed by atoms with E-state index in [0.717, 1.165) is 0 Å². The highest BCUT2D eigenvalue weighted by atomic mass is 32.2. The van der Waals surface area contributed by atoms with Crippen molar-refractivity contribution >= 4 is 11.8 Å². The molecule has 0 aromatic heterocycles. The SMILES string of the molecule is CCCCCCCCCCCCCCCCSC(C)(C)C. The largest absolute Gasteiger partial charge is 0.156 e. The predicted octanol–water partition coefficient (Wildman–Crippen LogP) is 8.00. The molecular weight excluding hydrogens is 272 g/mol. The van der Waals surface area contributed by atoms with Gasteiger partial charge in [0.05, 0.1) is 0 Å². The van der Waals surface area contributed by atoms with Crippen molar-refractivity contribution in [2.45, 2.75) is 122 Å². The molecule has 0 unspecified atom stereocenters. The van der Waals surface area contributed by atoms with Crippen LogP contribution in [0.1, 0.15) is 118 Å². The zero-order valence-electron chi connectivity index (χ0n) is 15.5. The summed E-state index contributed by atoms with van der Waals surface area (Å²) in [6, 6.07) is 0. The molecule has 0 saturated carbocycles. The van der Waals surface area contributed by atoms with Crippen molar-refractivity contribution in [3.05, 3.63) is 0 Å². The van der Waals surface area contributed by atoms with E-state index < -0.39 is 0 Å². The minimum absolute atomic E-state index is 0.455. The highest BCUT2D eigenvalue weighted by Crippen LogP contribution is 2.24. The zero-order chi connectivity index (χ0) is 15.8. The Balaban J connectivity index is 3.00. The van der Waals surface area contributed by atoms with Gasteiger partial charge >= 0.3 is 0 Å². The van der Waals surface area contributed by atoms with E-state index in [1.807, 2.05) is 0 Å². The summed E-state index contributed by atoms with van der Waals surface area (Å²) < 4.78 is 0.455. The molecule has 0 atom stereocenters. The maximum absolute atomic E-state index is 2.32. The first-order valence-electron chi connectivity index (χ1n) is 9.70. The smallest absolute Gasteiger partial charge is 0.00750 e. The molecule has 0 spiro atoms. The average molecular weight is 315 g/mol. The summed E-state index contributed by atoms with van der Waals surface area (Å²) in [4.78, 5) is 0. The van der Waals surface area contributed by atoms with E-state index in [9.17, 15) is 0 Å². The van der Waals surface area contributed by atoms with Crippen LogP contribution >= 0.6 is 11.8 Å². The number of unbranched alkanes of at least 4 members (excludes halogenated alkanes) is 13. The first-order chi connectivity index (χ1) is 10.1. The van der Waals surface area contributed by atoms with Crippen molar-refractivity contribution in [1.29, 1.82) is 0 Å². The quantitative estimate of drug-likeness (QED) is 0.276. The van der Waals surface area contributed by atoms with Crippen LogP contribution in [0.25, 0.3) is 0 Å². The molecule has 0 rings (SSSR count). The van der Waals surface area contributed by atoms with E-state index >= 15 is 0 Å². The Hall–Kier alpha value is 0.350. The van der Waals surface area contributed by atoms with Crippen molar-refractivity contribution in [2.24, 2.45) is 0 Å². The highest BCUT2D eigenvalue weighted by Gasteiger charge is 2.08. The third kappa shape index (κ3) is 20.4. The lowest BCUT2D eigenvalue weighted by atomic mass is 10.0. The fourth-order valence-electron chi connectivity index (χ4n) is 2.67. The molecule has 0 amide bonds. The van der Waals surface area contributed by atoms with Crippen molar-refractivity contribution in [1.82, 2.24) is 0 Å². The van der Waals surface area contributed by atoms with E-state index in [-0.39, 0.29) is 0 Å². The minimum atomic E-state index is 0.455. The summed E-state index contributed by atoms with van der Waals surface area (Å²) in [5.74, 6) is 1.35. The monoisotopic (exact) mass is 314 g/mol. The van der Waals surface area contributed by atoms with Gasteiger partial charge in [-0.25, -0.2) is 0 Å². The molecule has 128 valence electrons. The normalized spacial score (nSPS) is 12.0. The Morgan fingerprint density at radius 2 is 0.857 bits per heavy atom. The van der Waals surface area contributed by atoms with Gasteiger partial charge in [0.15, 0.2) is 0 Å². The predicted molar refractivity (Wildman–Crippen MR) is 103 cm³/mol. The van der Waals surface area contributed by atoms with Gasteiger partial charge in [-0.1, -0.05) is 111 Å². The molecule has 0 aliphatic rings. The van der Waals surface area contributed by atoms with Crippen LogP contribution in [0.5, 0.6) is 0 Å². The summed E-state index contributed by atoms with van der Waals surface area (Å²) >= 11 is 2.12. The van der Waals surface area contributed by atoms with Crippen molar-refractivity contribution in [2.75, 3.05) is 5.75 Å². The van der Waals surface area contributed by atoms with Crippen molar-refractivity contribution in [3.8, 4) is 0 Å². The first-order valence-corrected chi connectivity index (χ1v) is 10.7. The molecule has 0 saturated heterocycles. The number of thioether (sulfide) groups is 1. The molecule has 0 radical (unpaired) electrons. The maximum Gasteiger partial charge on any atom is 0.00750 e. The Morgan fingerprint density at radius 3 is 1.19 bits per heavy atom. The number of hydrogen-bond donors (Lipinski definition) is 0. The van der Waals surface area contributed by atoms with Gasteiger partial charge in [-0.3, -0.25) is 0 Å². The third-order valence-electron chi connectivity index (χ3n) is 4.03. The van der Waals surface area contributed by atoms with Crippen LogP contribution in [0, 0.1) is 0 Å². The van der Waals surface area contributed by atoms with Gasteiger partial charge in [0.1, 0.15) is 0 Å². The van der Waals surface area contributed by atoms with Crippen LogP contribution in [0.2, 0.25) is 0 Å². The van der Waals surface area contributed by atoms with Crippen LogP contribution in [0.4, 0.5) is 0 Å². The molecule has 0 aliphatic carbocycles. The molecule has 0 heterocycles. The molecule has 1 heteroatoms. The lowest BCUT2D eigenvalue weighted by Gasteiger charge is -2.17. The standard InChI is InChI=1S/C20H42S/c1-5-6-7-8-9-10-11-12-13-14-15-16-17-18-19-21-20(2,3)4/h5-19H2,1-4H3. The Morgan fingerprint density at radius 1 is 0.524 bits per heavy atom. The van der Waals surface area contributed by atoms with Crippen LogP contribution in [-0.2, 0) is 0 Å². The van der Waals surface area contributed by atoms with E-state index in [0.29, 0.717) is 4.75 Å².